The lowest BCUT2D eigenvalue weighted by Crippen LogP contribution is -2.43. The van der Waals surface area contributed by atoms with Gasteiger partial charge in [0.05, 0.1) is 0 Å². The van der Waals surface area contributed by atoms with E-state index >= 15 is 0 Å². The van der Waals surface area contributed by atoms with Gasteiger partial charge in [-0.2, -0.15) is 0 Å². The van der Waals surface area contributed by atoms with Crippen LogP contribution < -0.4 is 10.6 Å². The van der Waals surface area contributed by atoms with E-state index in [1.165, 1.54) is 6.07 Å². The minimum absolute atomic E-state index is 0.0422. The summed E-state index contributed by atoms with van der Waals surface area (Å²) in [5, 5.41) is 6.12. The number of carbonyl (C=O) groups is 1. The van der Waals surface area contributed by atoms with Gasteiger partial charge in [-0.05, 0) is 44.7 Å². The number of hydrogen-bond donors (Lipinski definition) is 2. The fourth-order valence-corrected chi connectivity index (χ4v) is 2.52. The van der Waals surface area contributed by atoms with Gasteiger partial charge in [-0.25, -0.2) is 9.18 Å². The van der Waals surface area contributed by atoms with Gasteiger partial charge in [0.25, 0.3) is 0 Å². The SMILES string of the molecule is CC(C)(C)OC(=O)NC1CNCC1Cc1ccccc1F. The monoisotopic (exact) mass is 294 g/mol. The second-order valence-corrected chi connectivity index (χ2v) is 6.47. The first-order chi connectivity index (χ1) is 9.85. The van der Waals surface area contributed by atoms with E-state index in [1.54, 1.807) is 12.1 Å². The summed E-state index contributed by atoms with van der Waals surface area (Å²) in [6, 6.07) is 6.73. The molecule has 0 aliphatic carbocycles. The number of nitrogens with one attached hydrogen (secondary N) is 2. The van der Waals surface area contributed by atoms with Crippen LogP contribution in [0.5, 0.6) is 0 Å². The molecule has 0 bridgehead atoms. The Hall–Kier alpha value is -1.62. The number of carbonyl (C=O) groups excluding carboxylic acids is 1. The van der Waals surface area contributed by atoms with Gasteiger partial charge in [0.1, 0.15) is 11.4 Å². The minimum atomic E-state index is -0.517. The molecule has 1 fully saturated rings. The quantitative estimate of drug-likeness (QED) is 0.900. The van der Waals surface area contributed by atoms with Gasteiger partial charge < -0.3 is 15.4 Å². The van der Waals surface area contributed by atoms with Gasteiger partial charge in [-0.1, -0.05) is 18.2 Å². The predicted octanol–water partition coefficient (Wildman–Crippen LogP) is 2.48. The van der Waals surface area contributed by atoms with Gasteiger partial charge in [0, 0.05) is 19.1 Å². The van der Waals surface area contributed by atoms with E-state index in [4.69, 9.17) is 4.74 Å². The van der Waals surface area contributed by atoms with Gasteiger partial charge >= 0.3 is 6.09 Å². The highest BCUT2D eigenvalue weighted by atomic mass is 19.1. The molecular weight excluding hydrogens is 271 g/mol. The number of halogens is 1. The molecule has 1 aliphatic heterocycles. The van der Waals surface area contributed by atoms with E-state index in [0.29, 0.717) is 18.5 Å². The average Bonchev–Trinajstić information content (AvgIpc) is 2.77. The van der Waals surface area contributed by atoms with Gasteiger partial charge in [-0.15, -0.1) is 0 Å². The molecule has 2 unspecified atom stereocenters. The fraction of sp³-hybridized carbons (Fsp3) is 0.562. The predicted molar refractivity (Wildman–Crippen MR) is 79.6 cm³/mol. The third-order valence-corrected chi connectivity index (χ3v) is 3.48. The Bertz CT molecular complexity index is 499. The molecule has 2 rings (SSSR count). The third kappa shape index (κ3) is 4.70. The summed E-state index contributed by atoms with van der Waals surface area (Å²) in [6.07, 6.45) is 0.176. The number of amides is 1. The first-order valence-corrected chi connectivity index (χ1v) is 7.29. The molecule has 0 saturated carbocycles. The summed E-state index contributed by atoms with van der Waals surface area (Å²) in [4.78, 5) is 11.8. The largest absolute Gasteiger partial charge is 0.444 e. The second-order valence-electron chi connectivity index (χ2n) is 6.47. The Morgan fingerprint density at radius 2 is 2.10 bits per heavy atom. The van der Waals surface area contributed by atoms with Crippen LogP contribution in [0.25, 0.3) is 0 Å². The molecular formula is C16H23FN2O2. The third-order valence-electron chi connectivity index (χ3n) is 3.48. The number of ether oxygens (including phenoxy) is 1. The summed E-state index contributed by atoms with van der Waals surface area (Å²) >= 11 is 0. The van der Waals surface area contributed by atoms with E-state index in [0.717, 1.165) is 6.54 Å². The maximum Gasteiger partial charge on any atom is 0.407 e. The van der Waals surface area contributed by atoms with Crippen LogP contribution in [-0.2, 0) is 11.2 Å². The van der Waals surface area contributed by atoms with Crippen molar-refractivity contribution in [2.75, 3.05) is 13.1 Å². The maximum absolute atomic E-state index is 13.7. The van der Waals surface area contributed by atoms with E-state index in [1.807, 2.05) is 26.8 Å². The summed E-state index contributed by atoms with van der Waals surface area (Å²) in [7, 11) is 0. The van der Waals surface area contributed by atoms with Crippen molar-refractivity contribution in [1.82, 2.24) is 10.6 Å². The van der Waals surface area contributed by atoms with Crippen molar-refractivity contribution in [3.63, 3.8) is 0 Å². The van der Waals surface area contributed by atoms with Crippen molar-refractivity contribution in [3.05, 3.63) is 35.6 Å². The first kappa shape index (κ1) is 15.8. The van der Waals surface area contributed by atoms with E-state index in [2.05, 4.69) is 10.6 Å². The lowest BCUT2D eigenvalue weighted by Gasteiger charge is -2.24. The van der Waals surface area contributed by atoms with Crippen molar-refractivity contribution in [2.45, 2.75) is 38.8 Å². The zero-order valence-corrected chi connectivity index (χ0v) is 12.8. The van der Waals surface area contributed by atoms with Crippen LogP contribution >= 0.6 is 0 Å². The molecule has 2 atom stereocenters. The molecule has 1 heterocycles. The lowest BCUT2D eigenvalue weighted by atomic mass is 9.94. The molecule has 2 N–H and O–H groups in total. The summed E-state index contributed by atoms with van der Waals surface area (Å²) in [5.41, 5.74) is 0.166. The van der Waals surface area contributed by atoms with Gasteiger partial charge in [0.2, 0.25) is 0 Å². The maximum atomic E-state index is 13.7. The summed E-state index contributed by atoms with van der Waals surface area (Å²) in [5.74, 6) is -0.0326. The normalized spacial score (nSPS) is 22.1. The molecule has 5 heteroatoms. The van der Waals surface area contributed by atoms with Crippen molar-refractivity contribution >= 4 is 6.09 Å². The zero-order valence-electron chi connectivity index (χ0n) is 12.8. The molecule has 1 aromatic rings. The number of benzene rings is 1. The molecule has 4 nitrogen and oxygen atoms in total. The van der Waals surface area contributed by atoms with Crippen LogP contribution in [-0.4, -0.2) is 30.8 Å². The molecule has 1 amide bonds. The van der Waals surface area contributed by atoms with Crippen molar-refractivity contribution < 1.29 is 13.9 Å². The molecule has 0 spiro atoms. The molecule has 1 saturated heterocycles. The van der Waals surface area contributed by atoms with Crippen LogP contribution in [0.15, 0.2) is 24.3 Å². The second kappa shape index (κ2) is 6.43. The average molecular weight is 294 g/mol. The molecule has 21 heavy (non-hydrogen) atoms. The number of alkyl carbamates (subject to hydrolysis) is 1. The fourth-order valence-electron chi connectivity index (χ4n) is 2.52. The van der Waals surface area contributed by atoms with Crippen LogP contribution in [0, 0.1) is 11.7 Å². The Labute approximate surface area is 125 Å². The van der Waals surface area contributed by atoms with E-state index in [-0.39, 0.29) is 17.8 Å². The minimum Gasteiger partial charge on any atom is -0.444 e. The van der Waals surface area contributed by atoms with Crippen LogP contribution in [0.1, 0.15) is 26.3 Å². The Balaban J connectivity index is 1.94. The Morgan fingerprint density at radius 1 is 1.38 bits per heavy atom. The van der Waals surface area contributed by atoms with Crippen LogP contribution in [0.4, 0.5) is 9.18 Å². The van der Waals surface area contributed by atoms with Crippen LogP contribution in [0.2, 0.25) is 0 Å². The van der Waals surface area contributed by atoms with E-state index in [9.17, 15) is 9.18 Å². The highest BCUT2D eigenvalue weighted by Gasteiger charge is 2.30. The summed E-state index contributed by atoms with van der Waals surface area (Å²) < 4.78 is 19.0. The zero-order chi connectivity index (χ0) is 15.5. The molecule has 0 aromatic heterocycles. The topological polar surface area (TPSA) is 50.4 Å². The van der Waals surface area contributed by atoms with Crippen molar-refractivity contribution in [3.8, 4) is 0 Å². The van der Waals surface area contributed by atoms with Gasteiger partial charge in [0.15, 0.2) is 0 Å². The molecule has 116 valence electrons. The smallest absolute Gasteiger partial charge is 0.407 e. The van der Waals surface area contributed by atoms with Crippen LogP contribution in [0.3, 0.4) is 0 Å². The van der Waals surface area contributed by atoms with Crippen molar-refractivity contribution in [1.29, 1.82) is 0 Å². The molecule has 0 radical (unpaired) electrons. The molecule has 1 aromatic carbocycles. The number of hydrogen-bond acceptors (Lipinski definition) is 3. The highest BCUT2D eigenvalue weighted by molar-refractivity contribution is 5.68. The Morgan fingerprint density at radius 3 is 2.76 bits per heavy atom. The Kier molecular flexibility index (Phi) is 4.83. The lowest BCUT2D eigenvalue weighted by molar-refractivity contribution is 0.0497. The van der Waals surface area contributed by atoms with E-state index < -0.39 is 11.7 Å². The first-order valence-electron chi connectivity index (χ1n) is 7.29. The molecule has 1 aliphatic rings. The standard InChI is InChI=1S/C16H23FN2O2/c1-16(2,3)21-15(20)19-14-10-18-9-12(14)8-11-6-4-5-7-13(11)17/h4-7,12,14,18H,8-10H2,1-3H3,(H,19,20). The number of rotatable bonds is 3. The highest BCUT2D eigenvalue weighted by Crippen LogP contribution is 2.19. The van der Waals surface area contributed by atoms with Gasteiger partial charge in [-0.3, -0.25) is 0 Å². The summed E-state index contributed by atoms with van der Waals surface area (Å²) in [6.45, 7) is 6.93. The van der Waals surface area contributed by atoms with Crippen molar-refractivity contribution in [2.24, 2.45) is 5.92 Å².